The van der Waals surface area contributed by atoms with E-state index in [4.69, 9.17) is 16.3 Å². The van der Waals surface area contributed by atoms with Crippen molar-refractivity contribution < 1.29 is 4.74 Å². The van der Waals surface area contributed by atoms with Crippen molar-refractivity contribution >= 4 is 17.5 Å². The third-order valence-corrected chi connectivity index (χ3v) is 2.72. The fourth-order valence-corrected chi connectivity index (χ4v) is 1.62. The number of ether oxygens (including phenoxy) is 1. The Hall–Kier alpha value is -1.10. The van der Waals surface area contributed by atoms with Gasteiger partial charge in [0.1, 0.15) is 0 Å². The van der Waals surface area contributed by atoms with Crippen LogP contribution in [-0.4, -0.2) is 28.1 Å². The Labute approximate surface area is 106 Å². The maximum absolute atomic E-state index is 5.80. The molecular weight excluding hydrogens is 240 g/mol. The molecule has 1 heterocycles. The first-order valence-electron chi connectivity index (χ1n) is 6.06. The minimum absolute atomic E-state index is 0.167. The Bertz CT molecular complexity index is 370. The summed E-state index contributed by atoms with van der Waals surface area (Å²) in [6.45, 7) is 3.48. The summed E-state index contributed by atoms with van der Waals surface area (Å²) in [5.74, 6) is 1.38. The Morgan fingerprint density at radius 2 is 2.18 bits per heavy atom. The van der Waals surface area contributed by atoms with Crippen molar-refractivity contribution in [1.82, 2.24) is 15.0 Å². The molecule has 0 aliphatic heterocycles. The highest BCUT2D eigenvalue weighted by Crippen LogP contribution is 2.31. The van der Waals surface area contributed by atoms with Crippen molar-refractivity contribution in [2.24, 2.45) is 5.92 Å². The van der Waals surface area contributed by atoms with E-state index >= 15 is 0 Å². The predicted molar refractivity (Wildman–Crippen MR) is 66.5 cm³/mol. The normalized spacial score (nSPS) is 14.7. The van der Waals surface area contributed by atoms with Gasteiger partial charge in [-0.1, -0.05) is 19.8 Å². The Balaban J connectivity index is 1.87. The minimum atomic E-state index is 0.167. The van der Waals surface area contributed by atoms with Crippen LogP contribution in [0.1, 0.15) is 32.6 Å². The van der Waals surface area contributed by atoms with Crippen LogP contribution in [-0.2, 0) is 0 Å². The molecule has 0 aromatic carbocycles. The zero-order valence-corrected chi connectivity index (χ0v) is 10.7. The van der Waals surface area contributed by atoms with E-state index in [0.29, 0.717) is 18.6 Å². The van der Waals surface area contributed by atoms with E-state index in [-0.39, 0.29) is 5.28 Å². The molecule has 2 rings (SSSR count). The van der Waals surface area contributed by atoms with Gasteiger partial charge in [0.05, 0.1) is 6.61 Å². The number of hydrogen-bond acceptors (Lipinski definition) is 5. The van der Waals surface area contributed by atoms with Gasteiger partial charge in [0.15, 0.2) is 0 Å². The van der Waals surface area contributed by atoms with Gasteiger partial charge >= 0.3 is 6.01 Å². The van der Waals surface area contributed by atoms with Gasteiger partial charge in [-0.15, -0.1) is 0 Å². The predicted octanol–water partition coefficient (Wildman–Crippen LogP) is 2.53. The van der Waals surface area contributed by atoms with E-state index in [1.54, 1.807) is 0 Å². The van der Waals surface area contributed by atoms with Gasteiger partial charge < -0.3 is 10.1 Å². The fraction of sp³-hybridized carbons (Fsp3) is 0.727. The molecule has 0 saturated heterocycles. The Morgan fingerprint density at radius 1 is 1.35 bits per heavy atom. The van der Waals surface area contributed by atoms with Crippen molar-refractivity contribution in [2.75, 3.05) is 18.5 Å². The van der Waals surface area contributed by atoms with Gasteiger partial charge in [-0.05, 0) is 30.4 Å². The molecular formula is C11H17ClN4O. The molecule has 94 valence electrons. The summed E-state index contributed by atoms with van der Waals surface area (Å²) in [7, 11) is 0. The summed E-state index contributed by atoms with van der Waals surface area (Å²) in [5.41, 5.74) is 0. The molecule has 0 amide bonds. The second kappa shape index (κ2) is 6.00. The van der Waals surface area contributed by atoms with E-state index in [0.717, 1.165) is 25.3 Å². The van der Waals surface area contributed by atoms with Crippen LogP contribution in [0.2, 0.25) is 5.28 Å². The van der Waals surface area contributed by atoms with Crippen LogP contribution in [0.25, 0.3) is 0 Å². The maximum Gasteiger partial charge on any atom is 0.322 e. The van der Waals surface area contributed by atoms with Gasteiger partial charge in [-0.2, -0.15) is 15.0 Å². The topological polar surface area (TPSA) is 59.9 Å². The molecule has 5 nitrogen and oxygen atoms in total. The highest BCUT2D eigenvalue weighted by Gasteiger charge is 2.20. The lowest BCUT2D eigenvalue weighted by Gasteiger charge is -2.06. The average molecular weight is 257 g/mol. The molecule has 0 spiro atoms. The largest absolute Gasteiger partial charge is 0.463 e. The third-order valence-electron chi connectivity index (χ3n) is 2.56. The number of halogens is 1. The summed E-state index contributed by atoms with van der Waals surface area (Å²) in [6.07, 6.45) is 4.77. The highest BCUT2D eigenvalue weighted by molar-refractivity contribution is 6.28. The second-order valence-corrected chi connectivity index (χ2v) is 4.56. The van der Waals surface area contributed by atoms with E-state index in [9.17, 15) is 0 Å². The average Bonchev–Trinajstić information content (AvgIpc) is 3.10. The van der Waals surface area contributed by atoms with Gasteiger partial charge in [0.2, 0.25) is 11.2 Å². The Morgan fingerprint density at radius 3 is 2.88 bits per heavy atom. The molecule has 0 atom stereocenters. The van der Waals surface area contributed by atoms with Crippen LogP contribution in [0.4, 0.5) is 5.95 Å². The molecule has 1 N–H and O–H groups in total. The smallest absolute Gasteiger partial charge is 0.322 e. The van der Waals surface area contributed by atoms with Crippen LogP contribution in [0, 0.1) is 5.92 Å². The first kappa shape index (κ1) is 12.4. The van der Waals surface area contributed by atoms with Crippen LogP contribution < -0.4 is 10.1 Å². The molecule has 1 saturated carbocycles. The molecule has 1 aliphatic carbocycles. The molecule has 0 bridgehead atoms. The third kappa shape index (κ3) is 4.34. The van der Waals surface area contributed by atoms with Crippen molar-refractivity contribution in [1.29, 1.82) is 0 Å². The molecule has 0 unspecified atom stereocenters. The summed E-state index contributed by atoms with van der Waals surface area (Å²) in [4.78, 5) is 12.1. The van der Waals surface area contributed by atoms with Crippen LogP contribution in [0.15, 0.2) is 0 Å². The lowest BCUT2D eigenvalue weighted by molar-refractivity contribution is 0.291. The van der Waals surface area contributed by atoms with Crippen LogP contribution in [0.5, 0.6) is 6.01 Å². The standard InChI is InChI=1S/C11H17ClN4O/c1-2-7-17-11-15-9(12)14-10(16-11)13-6-5-8-3-4-8/h8H,2-7H2,1H3,(H,13,14,15,16). The zero-order valence-electron chi connectivity index (χ0n) is 9.95. The number of nitrogens with one attached hydrogen (secondary N) is 1. The monoisotopic (exact) mass is 256 g/mol. The molecule has 1 aliphatic rings. The molecule has 1 aromatic rings. The zero-order chi connectivity index (χ0) is 12.1. The second-order valence-electron chi connectivity index (χ2n) is 4.22. The summed E-state index contributed by atoms with van der Waals surface area (Å²) >= 11 is 5.80. The Kier molecular flexibility index (Phi) is 4.36. The number of aromatic nitrogens is 3. The number of nitrogens with zero attached hydrogens (tertiary/aromatic N) is 3. The van der Waals surface area contributed by atoms with Gasteiger partial charge in [0, 0.05) is 6.54 Å². The van der Waals surface area contributed by atoms with E-state index < -0.39 is 0 Å². The summed E-state index contributed by atoms with van der Waals surface area (Å²) < 4.78 is 5.33. The van der Waals surface area contributed by atoms with E-state index in [1.807, 2.05) is 6.92 Å². The van der Waals surface area contributed by atoms with E-state index in [2.05, 4.69) is 20.3 Å². The number of hydrogen-bond donors (Lipinski definition) is 1. The molecule has 1 fully saturated rings. The summed E-state index contributed by atoms with van der Waals surface area (Å²) in [5, 5.41) is 3.31. The quantitative estimate of drug-likeness (QED) is 0.812. The summed E-state index contributed by atoms with van der Waals surface area (Å²) in [6, 6.07) is 0.292. The highest BCUT2D eigenvalue weighted by atomic mass is 35.5. The van der Waals surface area contributed by atoms with Crippen molar-refractivity contribution in [3.05, 3.63) is 5.28 Å². The number of anilines is 1. The van der Waals surface area contributed by atoms with Crippen molar-refractivity contribution in [3.63, 3.8) is 0 Å². The number of rotatable bonds is 7. The molecule has 1 aromatic heterocycles. The first-order valence-corrected chi connectivity index (χ1v) is 6.44. The van der Waals surface area contributed by atoms with Crippen LogP contribution >= 0.6 is 11.6 Å². The first-order chi connectivity index (χ1) is 8.28. The molecule has 6 heteroatoms. The molecule has 17 heavy (non-hydrogen) atoms. The fourth-order valence-electron chi connectivity index (χ4n) is 1.46. The minimum Gasteiger partial charge on any atom is -0.463 e. The lowest BCUT2D eigenvalue weighted by Crippen LogP contribution is -2.09. The van der Waals surface area contributed by atoms with Gasteiger partial charge in [-0.3, -0.25) is 0 Å². The van der Waals surface area contributed by atoms with Gasteiger partial charge in [-0.25, -0.2) is 0 Å². The molecule has 0 radical (unpaired) electrons. The van der Waals surface area contributed by atoms with Crippen LogP contribution in [0.3, 0.4) is 0 Å². The SMILES string of the molecule is CCCOc1nc(Cl)nc(NCCC2CC2)n1. The van der Waals surface area contributed by atoms with Crippen molar-refractivity contribution in [2.45, 2.75) is 32.6 Å². The lowest BCUT2D eigenvalue weighted by atomic mass is 10.3. The van der Waals surface area contributed by atoms with E-state index in [1.165, 1.54) is 12.8 Å². The maximum atomic E-state index is 5.80. The van der Waals surface area contributed by atoms with Gasteiger partial charge in [0.25, 0.3) is 0 Å². The van der Waals surface area contributed by atoms with Crippen molar-refractivity contribution in [3.8, 4) is 6.01 Å².